The van der Waals surface area contributed by atoms with E-state index in [1.165, 1.54) is 0 Å². The molecule has 0 fully saturated rings. The Morgan fingerprint density at radius 1 is 0.783 bits per heavy atom. The molecule has 0 aliphatic carbocycles. The van der Waals surface area contributed by atoms with Crippen molar-refractivity contribution in [1.82, 2.24) is 4.98 Å². The maximum Gasteiger partial charge on any atom is 0.256 e. The van der Waals surface area contributed by atoms with E-state index in [4.69, 9.17) is 0 Å². The molecular weight excluding hydrogens is 286 g/mol. The molecule has 1 aromatic heterocycles. The maximum absolute atomic E-state index is 12.4. The monoisotopic (exact) mass is 307 g/mol. The SMILES string of the molecule is CN(C)c1ccc(-c2cc3ccc(N(C)C)cc3c(=O)[nH]2)cc1. The van der Waals surface area contributed by atoms with Crippen LogP contribution in [0.4, 0.5) is 11.4 Å². The summed E-state index contributed by atoms with van der Waals surface area (Å²) < 4.78 is 0. The Bertz CT molecular complexity index is 893. The Morgan fingerprint density at radius 2 is 1.39 bits per heavy atom. The van der Waals surface area contributed by atoms with Crippen molar-refractivity contribution in [3.05, 3.63) is 58.9 Å². The minimum Gasteiger partial charge on any atom is -0.378 e. The summed E-state index contributed by atoms with van der Waals surface area (Å²) in [4.78, 5) is 19.5. The van der Waals surface area contributed by atoms with Gasteiger partial charge in [0.05, 0.1) is 0 Å². The second-order valence-corrected chi connectivity index (χ2v) is 6.12. The van der Waals surface area contributed by atoms with Crippen molar-refractivity contribution in [2.45, 2.75) is 0 Å². The number of nitrogens with one attached hydrogen (secondary N) is 1. The number of pyridine rings is 1. The molecule has 0 bridgehead atoms. The van der Waals surface area contributed by atoms with Gasteiger partial charge in [0.1, 0.15) is 0 Å². The number of hydrogen-bond donors (Lipinski definition) is 1. The second-order valence-electron chi connectivity index (χ2n) is 6.12. The lowest BCUT2D eigenvalue weighted by molar-refractivity contribution is 1.13. The van der Waals surface area contributed by atoms with E-state index in [9.17, 15) is 4.79 Å². The predicted octanol–water partition coefficient (Wildman–Crippen LogP) is 3.33. The zero-order chi connectivity index (χ0) is 16.6. The van der Waals surface area contributed by atoms with Crippen molar-refractivity contribution < 1.29 is 0 Å². The van der Waals surface area contributed by atoms with Crippen LogP contribution >= 0.6 is 0 Å². The summed E-state index contributed by atoms with van der Waals surface area (Å²) in [6.45, 7) is 0. The lowest BCUT2D eigenvalue weighted by Crippen LogP contribution is -2.11. The Hall–Kier alpha value is -2.75. The number of nitrogens with zero attached hydrogens (tertiary/aromatic N) is 2. The van der Waals surface area contributed by atoms with E-state index >= 15 is 0 Å². The molecule has 1 N–H and O–H groups in total. The number of benzene rings is 2. The first-order valence-corrected chi connectivity index (χ1v) is 7.58. The van der Waals surface area contributed by atoms with E-state index in [0.29, 0.717) is 5.39 Å². The van der Waals surface area contributed by atoms with Crippen LogP contribution in [0.15, 0.2) is 53.3 Å². The van der Waals surface area contributed by atoms with Crippen molar-refractivity contribution >= 4 is 22.1 Å². The third kappa shape index (κ3) is 2.93. The number of anilines is 2. The van der Waals surface area contributed by atoms with Gasteiger partial charge in [0.2, 0.25) is 0 Å². The van der Waals surface area contributed by atoms with Crippen molar-refractivity contribution in [3.63, 3.8) is 0 Å². The molecule has 2 aromatic carbocycles. The minimum absolute atomic E-state index is 0.0575. The number of hydrogen-bond acceptors (Lipinski definition) is 3. The van der Waals surface area contributed by atoms with Gasteiger partial charge in [-0.15, -0.1) is 0 Å². The van der Waals surface area contributed by atoms with Gasteiger partial charge in [0.15, 0.2) is 0 Å². The van der Waals surface area contributed by atoms with E-state index in [1.54, 1.807) is 0 Å². The minimum atomic E-state index is -0.0575. The van der Waals surface area contributed by atoms with E-state index in [-0.39, 0.29) is 5.56 Å². The highest BCUT2D eigenvalue weighted by Crippen LogP contribution is 2.24. The average Bonchev–Trinajstić information content (AvgIpc) is 2.54. The maximum atomic E-state index is 12.4. The molecule has 0 amide bonds. The van der Waals surface area contributed by atoms with Gasteiger partial charge in [-0.05, 0) is 41.3 Å². The highest BCUT2D eigenvalue weighted by Gasteiger charge is 2.06. The lowest BCUT2D eigenvalue weighted by atomic mass is 10.1. The number of aromatic nitrogens is 1. The first-order valence-electron chi connectivity index (χ1n) is 7.58. The zero-order valence-electron chi connectivity index (χ0n) is 13.9. The van der Waals surface area contributed by atoms with E-state index in [2.05, 4.69) is 9.88 Å². The predicted molar refractivity (Wildman–Crippen MR) is 98.7 cm³/mol. The molecule has 0 spiro atoms. The van der Waals surface area contributed by atoms with Crippen LogP contribution in [-0.2, 0) is 0 Å². The van der Waals surface area contributed by atoms with E-state index < -0.39 is 0 Å². The van der Waals surface area contributed by atoms with Crippen LogP contribution in [-0.4, -0.2) is 33.2 Å². The van der Waals surface area contributed by atoms with Crippen LogP contribution in [0.2, 0.25) is 0 Å². The Morgan fingerprint density at radius 3 is 2.00 bits per heavy atom. The van der Waals surface area contributed by atoms with Gasteiger partial charge in [-0.2, -0.15) is 0 Å². The molecule has 3 aromatic rings. The quantitative estimate of drug-likeness (QED) is 0.807. The smallest absolute Gasteiger partial charge is 0.256 e. The molecule has 0 atom stereocenters. The van der Waals surface area contributed by atoms with E-state index in [1.807, 2.05) is 81.6 Å². The fraction of sp³-hybridized carbons (Fsp3) is 0.211. The third-order valence-corrected chi connectivity index (χ3v) is 4.04. The molecule has 0 radical (unpaired) electrons. The van der Waals surface area contributed by atoms with Crippen LogP contribution in [0.5, 0.6) is 0 Å². The molecule has 4 nitrogen and oxygen atoms in total. The highest BCUT2D eigenvalue weighted by atomic mass is 16.1. The van der Waals surface area contributed by atoms with Crippen molar-refractivity contribution in [1.29, 1.82) is 0 Å². The van der Waals surface area contributed by atoms with Gasteiger partial charge in [-0.3, -0.25) is 4.79 Å². The van der Waals surface area contributed by atoms with Crippen LogP contribution in [0, 0.1) is 0 Å². The molecule has 23 heavy (non-hydrogen) atoms. The standard InChI is InChI=1S/C19H21N3O/c1-21(2)15-8-5-13(6-9-15)18-11-14-7-10-16(22(3)4)12-17(14)19(23)20-18/h5-12H,1-4H3,(H,20,23). The summed E-state index contributed by atoms with van der Waals surface area (Å²) >= 11 is 0. The van der Waals surface area contributed by atoms with Crippen LogP contribution in [0.25, 0.3) is 22.0 Å². The first-order chi connectivity index (χ1) is 11.0. The molecule has 1 heterocycles. The Labute approximate surface area is 136 Å². The van der Waals surface area contributed by atoms with Gasteiger partial charge in [0, 0.05) is 50.6 Å². The van der Waals surface area contributed by atoms with Gasteiger partial charge < -0.3 is 14.8 Å². The molecule has 0 unspecified atom stereocenters. The fourth-order valence-corrected chi connectivity index (χ4v) is 2.62. The van der Waals surface area contributed by atoms with Crippen molar-refractivity contribution in [2.75, 3.05) is 38.0 Å². The number of fused-ring (bicyclic) bond motifs is 1. The molecule has 4 heteroatoms. The molecular formula is C19H21N3O. The van der Waals surface area contributed by atoms with E-state index in [0.717, 1.165) is 28.0 Å². The summed E-state index contributed by atoms with van der Waals surface area (Å²) in [5.41, 5.74) is 3.94. The van der Waals surface area contributed by atoms with Crippen LogP contribution < -0.4 is 15.4 Å². The largest absolute Gasteiger partial charge is 0.378 e. The van der Waals surface area contributed by atoms with Crippen LogP contribution in [0.3, 0.4) is 0 Å². The molecule has 0 saturated carbocycles. The van der Waals surface area contributed by atoms with Crippen molar-refractivity contribution in [3.8, 4) is 11.3 Å². The third-order valence-electron chi connectivity index (χ3n) is 4.04. The first kappa shape index (κ1) is 15.2. The van der Waals surface area contributed by atoms with Crippen LogP contribution in [0.1, 0.15) is 0 Å². The zero-order valence-corrected chi connectivity index (χ0v) is 13.9. The normalized spacial score (nSPS) is 10.8. The summed E-state index contributed by atoms with van der Waals surface area (Å²) in [7, 11) is 7.95. The second kappa shape index (κ2) is 5.80. The fourth-order valence-electron chi connectivity index (χ4n) is 2.62. The number of aromatic amines is 1. The highest BCUT2D eigenvalue weighted by molar-refractivity contribution is 5.88. The summed E-state index contributed by atoms with van der Waals surface area (Å²) in [5, 5.41) is 1.66. The summed E-state index contributed by atoms with van der Waals surface area (Å²) in [6, 6.07) is 16.1. The number of rotatable bonds is 3. The molecule has 118 valence electrons. The molecule has 0 aliphatic heterocycles. The van der Waals surface area contributed by atoms with Gasteiger partial charge in [0.25, 0.3) is 5.56 Å². The van der Waals surface area contributed by atoms with Crippen molar-refractivity contribution in [2.24, 2.45) is 0 Å². The lowest BCUT2D eigenvalue weighted by Gasteiger charge is -2.14. The summed E-state index contributed by atoms with van der Waals surface area (Å²) in [6.07, 6.45) is 0. The Kier molecular flexibility index (Phi) is 3.82. The van der Waals surface area contributed by atoms with Gasteiger partial charge in [-0.25, -0.2) is 0 Å². The summed E-state index contributed by atoms with van der Waals surface area (Å²) in [5.74, 6) is 0. The average molecular weight is 307 g/mol. The number of H-pyrrole nitrogens is 1. The molecule has 0 aliphatic rings. The topological polar surface area (TPSA) is 39.3 Å². The Balaban J connectivity index is 2.09. The molecule has 3 rings (SSSR count). The van der Waals surface area contributed by atoms with Gasteiger partial charge >= 0.3 is 0 Å². The van der Waals surface area contributed by atoms with Gasteiger partial charge in [-0.1, -0.05) is 18.2 Å². The molecule has 0 saturated heterocycles.